The second kappa shape index (κ2) is 6.91. The molecule has 0 aliphatic carbocycles. The van der Waals surface area contributed by atoms with E-state index >= 15 is 0 Å². The van der Waals surface area contributed by atoms with Gasteiger partial charge in [-0.15, -0.1) is 0 Å². The van der Waals surface area contributed by atoms with E-state index in [0.717, 1.165) is 17.9 Å². The maximum atomic E-state index is 13.1. The second-order valence-electron chi connectivity index (χ2n) is 6.15. The molecule has 1 aromatic heterocycles. The predicted octanol–water partition coefficient (Wildman–Crippen LogP) is 2.86. The molecule has 0 spiro atoms. The fraction of sp³-hybridized carbons (Fsp3) is 0.200. The molecule has 2 N–H and O–H groups in total. The topological polar surface area (TPSA) is 61.0 Å². The summed E-state index contributed by atoms with van der Waals surface area (Å²) in [5.41, 5.74) is 2.73. The van der Waals surface area contributed by atoms with E-state index in [4.69, 9.17) is 0 Å². The number of rotatable bonds is 3. The van der Waals surface area contributed by atoms with Gasteiger partial charge in [-0.2, -0.15) is 0 Å². The Labute approximate surface area is 146 Å². The van der Waals surface area contributed by atoms with Crippen molar-refractivity contribution in [2.24, 2.45) is 0 Å². The molecule has 2 heterocycles. The molecule has 126 valence electrons. The van der Waals surface area contributed by atoms with Gasteiger partial charge in [0.05, 0.1) is 5.56 Å². The number of amides is 1. The highest BCUT2D eigenvalue weighted by atomic mass is 16.2. The maximum absolute atomic E-state index is 13.1. The zero-order chi connectivity index (χ0) is 17.1. The van der Waals surface area contributed by atoms with E-state index in [1.165, 1.54) is 5.56 Å². The lowest BCUT2D eigenvalue weighted by atomic mass is 10.0. The van der Waals surface area contributed by atoms with Crippen LogP contribution >= 0.6 is 0 Å². The monoisotopic (exact) mass is 332 g/mol. The first-order chi connectivity index (χ1) is 12.3. The Bertz CT molecular complexity index is 845. The molecule has 5 heteroatoms. The minimum absolute atomic E-state index is 0.0504. The van der Waals surface area contributed by atoms with Crippen molar-refractivity contribution >= 4 is 5.91 Å². The van der Waals surface area contributed by atoms with Crippen molar-refractivity contribution in [2.45, 2.75) is 6.04 Å². The van der Waals surface area contributed by atoms with Crippen LogP contribution < -0.4 is 5.32 Å². The van der Waals surface area contributed by atoms with E-state index in [9.17, 15) is 4.79 Å². The van der Waals surface area contributed by atoms with Crippen molar-refractivity contribution in [1.82, 2.24) is 20.2 Å². The molecule has 1 saturated heterocycles. The molecule has 5 nitrogen and oxygen atoms in total. The normalized spacial score (nSPS) is 17.4. The number of aromatic nitrogens is 2. The molecule has 0 bridgehead atoms. The highest BCUT2D eigenvalue weighted by Crippen LogP contribution is 2.24. The quantitative estimate of drug-likeness (QED) is 0.775. The van der Waals surface area contributed by atoms with Crippen molar-refractivity contribution in [2.75, 3.05) is 19.6 Å². The predicted molar refractivity (Wildman–Crippen MR) is 97.1 cm³/mol. The van der Waals surface area contributed by atoms with Crippen molar-refractivity contribution in [3.8, 4) is 11.4 Å². The van der Waals surface area contributed by atoms with Gasteiger partial charge in [-0.3, -0.25) is 4.79 Å². The molecule has 1 amide bonds. The number of aromatic amines is 1. The number of carbonyl (C=O) groups excluding carboxylic acids is 1. The van der Waals surface area contributed by atoms with Crippen LogP contribution in [0.1, 0.15) is 22.0 Å². The van der Waals surface area contributed by atoms with Crippen LogP contribution in [0, 0.1) is 0 Å². The van der Waals surface area contributed by atoms with E-state index < -0.39 is 0 Å². The molecule has 2 aromatic carbocycles. The first-order valence-electron chi connectivity index (χ1n) is 8.49. The Kier molecular flexibility index (Phi) is 4.31. The van der Waals surface area contributed by atoms with E-state index in [-0.39, 0.29) is 11.9 Å². The molecule has 4 rings (SSSR count). The number of imidazole rings is 1. The average molecular weight is 332 g/mol. The van der Waals surface area contributed by atoms with Gasteiger partial charge in [0.15, 0.2) is 0 Å². The van der Waals surface area contributed by atoms with Crippen LogP contribution in [-0.2, 0) is 0 Å². The van der Waals surface area contributed by atoms with Gasteiger partial charge >= 0.3 is 0 Å². The third-order valence-electron chi connectivity index (χ3n) is 4.58. The molecule has 1 aliphatic rings. The Morgan fingerprint density at radius 1 is 1.08 bits per heavy atom. The summed E-state index contributed by atoms with van der Waals surface area (Å²) in [6.07, 6.45) is 3.47. The first-order valence-corrected chi connectivity index (χ1v) is 8.49. The number of carbonyl (C=O) groups is 1. The van der Waals surface area contributed by atoms with Gasteiger partial charge in [0.2, 0.25) is 0 Å². The van der Waals surface area contributed by atoms with Crippen LogP contribution in [0.5, 0.6) is 0 Å². The molecule has 0 saturated carbocycles. The van der Waals surface area contributed by atoms with Crippen molar-refractivity contribution in [3.63, 3.8) is 0 Å². The van der Waals surface area contributed by atoms with E-state index in [2.05, 4.69) is 27.4 Å². The second-order valence-corrected chi connectivity index (χ2v) is 6.15. The number of hydrogen-bond acceptors (Lipinski definition) is 3. The molecule has 0 unspecified atom stereocenters. The zero-order valence-corrected chi connectivity index (χ0v) is 13.9. The highest BCUT2D eigenvalue weighted by Gasteiger charge is 2.26. The fourth-order valence-corrected chi connectivity index (χ4v) is 3.30. The summed E-state index contributed by atoms with van der Waals surface area (Å²) in [6.45, 7) is 2.15. The minimum Gasteiger partial charge on any atom is -0.345 e. The number of H-pyrrole nitrogens is 1. The van der Waals surface area contributed by atoms with Gasteiger partial charge in [-0.25, -0.2) is 4.98 Å². The first kappa shape index (κ1) is 15.6. The molecular weight excluding hydrogens is 312 g/mol. The number of benzene rings is 2. The van der Waals surface area contributed by atoms with E-state index in [0.29, 0.717) is 18.7 Å². The summed E-state index contributed by atoms with van der Waals surface area (Å²) in [4.78, 5) is 22.5. The van der Waals surface area contributed by atoms with Gasteiger partial charge < -0.3 is 15.2 Å². The summed E-state index contributed by atoms with van der Waals surface area (Å²) in [5, 5.41) is 3.50. The van der Waals surface area contributed by atoms with E-state index in [1.807, 2.05) is 47.4 Å². The third-order valence-corrected chi connectivity index (χ3v) is 4.58. The summed E-state index contributed by atoms with van der Waals surface area (Å²) >= 11 is 0. The van der Waals surface area contributed by atoms with Crippen LogP contribution in [0.4, 0.5) is 0 Å². The van der Waals surface area contributed by atoms with Crippen LogP contribution in [0.3, 0.4) is 0 Å². The molecule has 3 aromatic rings. The third kappa shape index (κ3) is 3.19. The van der Waals surface area contributed by atoms with Crippen molar-refractivity contribution < 1.29 is 4.79 Å². The van der Waals surface area contributed by atoms with Gasteiger partial charge in [-0.05, 0) is 11.6 Å². The van der Waals surface area contributed by atoms with Crippen LogP contribution in [0.15, 0.2) is 67.0 Å². The van der Waals surface area contributed by atoms with Crippen molar-refractivity contribution in [3.05, 3.63) is 78.1 Å². The lowest BCUT2D eigenvalue weighted by Gasteiger charge is -2.34. The van der Waals surface area contributed by atoms with Gasteiger partial charge in [0.1, 0.15) is 5.82 Å². The number of piperazine rings is 1. The van der Waals surface area contributed by atoms with Crippen LogP contribution in [0.2, 0.25) is 0 Å². The molecule has 1 fully saturated rings. The van der Waals surface area contributed by atoms with Gasteiger partial charge in [-0.1, -0.05) is 48.5 Å². The summed E-state index contributed by atoms with van der Waals surface area (Å²) in [7, 11) is 0. The lowest BCUT2D eigenvalue weighted by molar-refractivity contribution is 0.0703. The Morgan fingerprint density at radius 3 is 2.68 bits per heavy atom. The van der Waals surface area contributed by atoms with E-state index in [1.54, 1.807) is 12.4 Å². The molecule has 1 atom stereocenters. The Balaban J connectivity index is 1.59. The maximum Gasteiger partial charge on any atom is 0.254 e. The summed E-state index contributed by atoms with van der Waals surface area (Å²) in [5.74, 6) is 0.771. The SMILES string of the molecule is O=C(c1ccccc1-c1ncc[nH]1)N1CCN[C@@H](c2ccccc2)C1. The summed E-state index contributed by atoms with van der Waals surface area (Å²) < 4.78 is 0. The standard InChI is InChI=1S/C20H20N4O/c25-20(17-9-5-4-8-16(17)19-22-10-11-23-19)24-13-12-21-18(14-24)15-6-2-1-3-7-15/h1-11,18,21H,12-14H2,(H,22,23)/t18-/m1/s1. The van der Waals surface area contributed by atoms with Crippen molar-refractivity contribution in [1.29, 1.82) is 0 Å². The largest absolute Gasteiger partial charge is 0.345 e. The molecule has 0 radical (unpaired) electrons. The van der Waals surface area contributed by atoms with Gasteiger partial charge in [0, 0.05) is 43.6 Å². The minimum atomic E-state index is 0.0504. The Morgan fingerprint density at radius 2 is 1.88 bits per heavy atom. The number of nitrogens with one attached hydrogen (secondary N) is 2. The molecular formula is C20H20N4O. The number of nitrogens with zero attached hydrogens (tertiary/aromatic N) is 2. The van der Waals surface area contributed by atoms with Crippen LogP contribution in [0.25, 0.3) is 11.4 Å². The zero-order valence-electron chi connectivity index (χ0n) is 13.9. The summed E-state index contributed by atoms with van der Waals surface area (Å²) in [6, 6.07) is 18.1. The van der Waals surface area contributed by atoms with Gasteiger partial charge in [0.25, 0.3) is 5.91 Å². The average Bonchev–Trinajstić information content (AvgIpc) is 3.23. The lowest BCUT2D eigenvalue weighted by Crippen LogP contribution is -2.48. The Hall–Kier alpha value is -2.92. The number of hydrogen-bond donors (Lipinski definition) is 2. The highest BCUT2D eigenvalue weighted by molar-refractivity contribution is 6.00. The smallest absolute Gasteiger partial charge is 0.254 e. The molecule has 25 heavy (non-hydrogen) atoms. The van der Waals surface area contributed by atoms with Crippen LogP contribution in [-0.4, -0.2) is 40.4 Å². The fourth-order valence-electron chi connectivity index (χ4n) is 3.30. The molecule has 1 aliphatic heterocycles.